The molecule has 2 aliphatic carbocycles. The molecule has 0 spiro atoms. The zero-order chi connectivity index (χ0) is 19.0. The fourth-order valence-corrected chi connectivity index (χ4v) is 4.60. The highest BCUT2D eigenvalue weighted by atomic mass is 15.3. The normalized spacial score (nSPS) is 17.9. The number of benzene rings is 1. The van der Waals surface area contributed by atoms with E-state index < -0.39 is 0 Å². The minimum absolute atomic E-state index is 0.236. The minimum atomic E-state index is 0.236. The van der Waals surface area contributed by atoms with Crippen LogP contribution in [0.25, 0.3) is 5.57 Å². The number of rotatable bonds is 6. The average molecular weight is 363 g/mol. The number of aryl methyl sites for hydroxylation is 1. The molecule has 1 heterocycles. The van der Waals surface area contributed by atoms with E-state index in [1.807, 2.05) is 11.7 Å². The lowest BCUT2D eigenvalue weighted by Crippen LogP contribution is -2.31. The molecular formula is C23H30N4. The molecule has 4 nitrogen and oxygen atoms in total. The molecule has 0 radical (unpaired) electrons. The lowest BCUT2D eigenvalue weighted by Gasteiger charge is -2.20. The maximum Gasteiger partial charge on any atom is 0.129 e. The summed E-state index contributed by atoms with van der Waals surface area (Å²) >= 11 is 0. The van der Waals surface area contributed by atoms with Crippen LogP contribution in [0.1, 0.15) is 62.3 Å². The zero-order valence-electron chi connectivity index (χ0n) is 16.7. The van der Waals surface area contributed by atoms with Crippen molar-refractivity contribution in [2.45, 2.75) is 57.9 Å². The molecule has 4 rings (SSSR count). The van der Waals surface area contributed by atoms with Crippen molar-refractivity contribution in [3.8, 4) is 0 Å². The van der Waals surface area contributed by atoms with Crippen molar-refractivity contribution in [3.05, 3.63) is 65.1 Å². The van der Waals surface area contributed by atoms with Crippen molar-refractivity contribution in [3.63, 3.8) is 0 Å². The third-order valence-electron chi connectivity index (χ3n) is 6.15. The smallest absolute Gasteiger partial charge is 0.129 e. The maximum atomic E-state index is 4.72. The molecule has 2 aliphatic rings. The van der Waals surface area contributed by atoms with E-state index in [1.54, 1.807) is 0 Å². The highest BCUT2D eigenvalue weighted by molar-refractivity contribution is 5.75. The summed E-state index contributed by atoms with van der Waals surface area (Å²) in [5.41, 5.74) is 6.85. The fraction of sp³-hybridized carbons (Fsp3) is 0.435. The summed E-state index contributed by atoms with van der Waals surface area (Å²) in [6.45, 7) is 8.64. The third kappa shape index (κ3) is 3.53. The summed E-state index contributed by atoms with van der Waals surface area (Å²) < 4.78 is 1.93. The molecule has 4 heteroatoms. The molecule has 2 N–H and O–H groups in total. The fourth-order valence-electron chi connectivity index (χ4n) is 4.60. The van der Waals surface area contributed by atoms with Gasteiger partial charge in [0.05, 0.1) is 11.5 Å². The SMILES string of the molecule is C=C(Nc1cc(C2CCCC2)nn1C)NC(C)C1=C(C)c2ccccc2C1. The van der Waals surface area contributed by atoms with Gasteiger partial charge in [-0.15, -0.1) is 0 Å². The van der Waals surface area contributed by atoms with Gasteiger partial charge in [0.15, 0.2) is 0 Å². The second-order valence-corrected chi connectivity index (χ2v) is 8.01. The summed E-state index contributed by atoms with van der Waals surface area (Å²) in [7, 11) is 2.00. The number of nitrogens with zero attached hydrogens (tertiary/aromatic N) is 2. The minimum Gasteiger partial charge on any atom is -0.366 e. The summed E-state index contributed by atoms with van der Waals surface area (Å²) in [4.78, 5) is 0. The quantitative estimate of drug-likeness (QED) is 0.762. The van der Waals surface area contributed by atoms with Crippen molar-refractivity contribution >= 4 is 11.4 Å². The number of allylic oxidation sites excluding steroid dienone is 1. The van der Waals surface area contributed by atoms with Crippen LogP contribution in [0.15, 0.2) is 48.3 Å². The zero-order valence-corrected chi connectivity index (χ0v) is 16.7. The van der Waals surface area contributed by atoms with Crippen molar-refractivity contribution in [2.24, 2.45) is 7.05 Å². The van der Waals surface area contributed by atoms with Crippen LogP contribution in [0.3, 0.4) is 0 Å². The van der Waals surface area contributed by atoms with Gasteiger partial charge in [-0.2, -0.15) is 5.10 Å². The molecule has 142 valence electrons. The van der Waals surface area contributed by atoms with E-state index in [1.165, 1.54) is 53.7 Å². The Hall–Kier alpha value is -2.49. The number of nitrogens with one attached hydrogen (secondary N) is 2. The number of fused-ring (bicyclic) bond motifs is 1. The Morgan fingerprint density at radius 2 is 2.00 bits per heavy atom. The van der Waals surface area contributed by atoms with Crippen LogP contribution in [0.2, 0.25) is 0 Å². The molecule has 1 unspecified atom stereocenters. The number of anilines is 1. The summed E-state index contributed by atoms with van der Waals surface area (Å²) in [5, 5.41) is 11.7. The second-order valence-electron chi connectivity index (χ2n) is 8.01. The van der Waals surface area contributed by atoms with E-state index in [2.05, 4.69) is 61.4 Å². The molecule has 2 aromatic rings. The van der Waals surface area contributed by atoms with Gasteiger partial charge in [0.1, 0.15) is 5.82 Å². The number of hydrogen-bond donors (Lipinski definition) is 2. The van der Waals surface area contributed by atoms with Crippen LogP contribution < -0.4 is 10.6 Å². The van der Waals surface area contributed by atoms with Crippen molar-refractivity contribution in [2.75, 3.05) is 5.32 Å². The Morgan fingerprint density at radius 3 is 2.74 bits per heavy atom. The van der Waals surface area contributed by atoms with Gasteiger partial charge in [-0.25, -0.2) is 0 Å². The van der Waals surface area contributed by atoms with Crippen LogP contribution >= 0.6 is 0 Å². The first kappa shape index (κ1) is 17.9. The largest absolute Gasteiger partial charge is 0.366 e. The second kappa shape index (κ2) is 7.26. The number of aromatic nitrogens is 2. The first-order valence-electron chi connectivity index (χ1n) is 10.1. The van der Waals surface area contributed by atoms with Gasteiger partial charge < -0.3 is 10.6 Å². The molecule has 0 saturated heterocycles. The van der Waals surface area contributed by atoms with E-state index in [4.69, 9.17) is 5.10 Å². The van der Waals surface area contributed by atoms with E-state index in [0.717, 1.165) is 18.1 Å². The van der Waals surface area contributed by atoms with Gasteiger partial charge in [0.25, 0.3) is 0 Å². The van der Waals surface area contributed by atoms with E-state index in [-0.39, 0.29) is 6.04 Å². The van der Waals surface area contributed by atoms with Crippen LogP contribution in [-0.2, 0) is 13.5 Å². The molecule has 0 amide bonds. The highest BCUT2D eigenvalue weighted by Gasteiger charge is 2.23. The standard InChI is InChI=1S/C23H30N4/c1-15-20-12-8-7-11-19(20)13-21(15)16(2)24-17(3)25-23-14-22(26-27(23)4)18-9-5-6-10-18/h7-8,11-12,14,16,18,24-25H,3,5-6,9-10,13H2,1-2,4H3. The van der Waals surface area contributed by atoms with Crippen molar-refractivity contribution < 1.29 is 0 Å². The van der Waals surface area contributed by atoms with Crippen LogP contribution in [0, 0.1) is 0 Å². The maximum absolute atomic E-state index is 4.72. The van der Waals surface area contributed by atoms with E-state index >= 15 is 0 Å². The summed E-state index contributed by atoms with van der Waals surface area (Å²) in [5.74, 6) is 2.44. The van der Waals surface area contributed by atoms with Gasteiger partial charge in [0, 0.05) is 25.1 Å². The van der Waals surface area contributed by atoms with Gasteiger partial charge in [0.2, 0.25) is 0 Å². The molecule has 1 aromatic heterocycles. The molecule has 0 bridgehead atoms. The monoisotopic (exact) mass is 362 g/mol. The van der Waals surface area contributed by atoms with Gasteiger partial charge >= 0.3 is 0 Å². The van der Waals surface area contributed by atoms with Crippen molar-refractivity contribution in [1.29, 1.82) is 0 Å². The Labute approximate surface area is 162 Å². The highest BCUT2D eigenvalue weighted by Crippen LogP contribution is 2.35. The van der Waals surface area contributed by atoms with Gasteiger partial charge in [-0.05, 0) is 55.4 Å². The predicted molar refractivity (Wildman–Crippen MR) is 113 cm³/mol. The Balaban J connectivity index is 1.41. The Kier molecular flexibility index (Phi) is 4.81. The van der Waals surface area contributed by atoms with E-state index in [9.17, 15) is 0 Å². The average Bonchev–Trinajstić information content (AvgIpc) is 3.36. The number of hydrogen-bond acceptors (Lipinski definition) is 3. The molecule has 1 saturated carbocycles. The van der Waals surface area contributed by atoms with Gasteiger partial charge in [-0.1, -0.05) is 43.7 Å². The summed E-state index contributed by atoms with van der Waals surface area (Å²) in [6.07, 6.45) is 6.20. The molecule has 1 atom stereocenters. The topological polar surface area (TPSA) is 41.9 Å². The molecule has 0 aliphatic heterocycles. The first-order valence-corrected chi connectivity index (χ1v) is 10.1. The van der Waals surface area contributed by atoms with Crippen LogP contribution in [0.4, 0.5) is 5.82 Å². The lowest BCUT2D eigenvalue weighted by molar-refractivity contribution is 0.656. The van der Waals surface area contributed by atoms with E-state index in [0.29, 0.717) is 5.92 Å². The van der Waals surface area contributed by atoms with Crippen LogP contribution in [-0.4, -0.2) is 15.8 Å². The Morgan fingerprint density at radius 1 is 1.26 bits per heavy atom. The summed E-state index contributed by atoms with van der Waals surface area (Å²) in [6, 6.07) is 11.1. The van der Waals surface area contributed by atoms with Crippen LogP contribution in [0.5, 0.6) is 0 Å². The predicted octanol–water partition coefficient (Wildman–Crippen LogP) is 4.97. The Bertz CT molecular complexity index is 884. The molecule has 1 fully saturated rings. The molecular weight excluding hydrogens is 332 g/mol. The lowest BCUT2D eigenvalue weighted by atomic mass is 10.0. The van der Waals surface area contributed by atoms with Crippen molar-refractivity contribution in [1.82, 2.24) is 15.1 Å². The third-order valence-corrected chi connectivity index (χ3v) is 6.15. The van der Waals surface area contributed by atoms with Gasteiger partial charge in [-0.3, -0.25) is 4.68 Å². The molecule has 27 heavy (non-hydrogen) atoms. The molecule has 1 aromatic carbocycles. The first-order chi connectivity index (χ1) is 13.0.